The Balaban J connectivity index is 1.59. The smallest absolute Gasteiger partial charge is 0.157 e. The van der Waals surface area contributed by atoms with Crippen LogP contribution in [0.2, 0.25) is 0 Å². The van der Waals surface area contributed by atoms with E-state index < -0.39 is 0 Å². The van der Waals surface area contributed by atoms with Crippen molar-refractivity contribution in [1.29, 1.82) is 0 Å². The highest BCUT2D eigenvalue weighted by atomic mass is 32.2. The minimum absolute atomic E-state index is 0.646. The van der Waals surface area contributed by atoms with Crippen LogP contribution in [0.1, 0.15) is 64.7 Å². The molecule has 1 N–H and O–H groups in total. The zero-order chi connectivity index (χ0) is 13.1. The Morgan fingerprint density at radius 1 is 1.16 bits per heavy atom. The van der Waals surface area contributed by atoms with Crippen LogP contribution in [0.4, 0.5) is 0 Å². The lowest BCUT2D eigenvalue weighted by atomic mass is 9.83. The standard InChI is InChI=1S/C16H28N2S/c1-2-14(12-7-4-3-5-8-12)17-16-18-15-10-6-9-13(15)11-19-16/h12-15H,2-11H2,1H3,(H,17,18). The van der Waals surface area contributed by atoms with E-state index >= 15 is 0 Å². The van der Waals surface area contributed by atoms with Crippen LogP contribution in [0.5, 0.6) is 0 Å². The number of nitrogens with one attached hydrogen (secondary N) is 1. The van der Waals surface area contributed by atoms with E-state index in [9.17, 15) is 0 Å². The molecule has 3 atom stereocenters. The van der Waals surface area contributed by atoms with Gasteiger partial charge in [0.2, 0.25) is 0 Å². The highest BCUT2D eigenvalue weighted by Gasteiger charge is 2.32. The number of hydrogen-bond acceptors (Lipinski definition) is 3. The van der Waals surface area contributed by atoms with Crippen molar-refractivity contribution in [2.45, 2.75) is 76.8 Å². The van der Waals surface area contributed by atoms with Crippen molar-refractivity contribution in [3.05, 3.63) is 0 Å². The highest BCUT2D eigenvalue weighted by Crippen LogP contribution is 2.35. The van der Waals surface area contributed by atoms with Crippen molar-refractivity contribution in [3.8, 4) is 0 Å². The van der Waals surface area contributed by atoms with E-state index in [1.165, 1.54) is 68.7 Å². The summed E-state index contributed by atoms with van der Waals surface area (Å²) in [6, 6.07) is 1.32. The number of thioether (sulfide) groups is 1. The van der Waals surface area contributed by atoms with Crippen LogP contribution in [0, 0.1) is 11.8 Å². The molecule has 2 fully saturated rings. The van der Waals surface area contributed by atoms with Crippen molar-refractivity contribution in [2.75, 3.05) is 5.75 Å². The summed E-state index contributed by atoms with van der Waals surface area (Å²) in [6.07, 6.45) is 12.6. The maximum absolute atomic E-state index is 4.99. The molecule has 1 aliphatic heterocycles. The Bertz CT molecular complexity index is 323. The Morgan fingerprint density at radius 2 is 2.00 bits per heavy atom. The second-order valence-corrected chi connectivity index (χ2v) is 7.57. The zero-order valence-corrected chi connectivity index (χ0v) is 13.1. The van der Waals surface area contributed by atoms with Gasteiger partial charge in [-0.05, 0) is 43.9 Å². The summed E-state index contributed by atoms with van der Waals surface area (Å²) in [5.41, 5.74) is 0. The molecule has 2 aliphatic carbocycles. The molecule has 0 aromatic carbocycles. The summed E-state index contributed by atoms with van der Waals surface area (Å²) in [7, 11) is 0. The Morgan fingerprint density at radius 3 is 2.79 bits per heavy atom. The van der Waals surface area contributed by atoms with Crippen LogP contribution in [-0.2, 0) is 0 Å². The van der Waals surface area contributed by atoms with Crippen molar-refractivity contribution in [2.24, 2.45) is 16.8 Å². The van der Waals surface area contributed by atoms with E-state index in [1.807, 2.05) is 11.8 Å². The second-order valence-electron chi connectivity index (χ2n) is 6.56. The molecule has 3 unspecified atom stereocenters. The van der Waals surface area contributed by atoms with Gasteiger partial charge in [-0.15, -0.1) is 0 Å². The highest BCUT2D eigenvalue weighted by molar-refractivity contribution is 8.13. The Labute approximate surface area is 122 Å². The molecule has 0 spiro atoms. The summed E-state index contributed by atoms with van der Waals surface area (Å²) < 4.78 is 0. The SMILES string of the molecule is CCC(NC1=NC2CCCC2CS1)C1CCCCC1. The van der Waals surface area contributed by atoms with E-state index in [4.69, 9.17) is 4.99 Å². The Hall–Kier alpha value is -0.180. The molecule has 0 aromatic rings. The van der Waals surface area contributed by atoms with Crippen LogP contribution in [0.25, 0.3) is 0 Å². The average Bonchev–Trinajstić information content (AvgIpc) is 2.93. The fourth-order valence-corrected chi connectivity index (χ4v) is 5.29. The van der Waals surface area contributed by atoms with Crippen molar-refractivity contribution in [1.82, 2.24) is 5.32 Å². The fraction of sp³-hybridized carbons (Fsp3) is 0.938. The molecule has 3 aliphatic rings. The lowest BCUT2D eigenvalue weighted by Gasteiger charge is -2.33. The third-order valence-corrected chi connectivity index (χ3v) is 6.40. The van der Waals surface area contributed by atoms with Gasteiger partial charge in [0.15, 0.2) is 5.17 Å². The van der Waals surface area contributed by atoms with Crippen molar-refractivity contribution >= 4 is 16.9 Å². The molecule has 0 amide bonds. The molecule has 3 rings (SSSR count). The third kappa shape index (κ3) is 3.29. The minimum atomic E-state index is 0.646. The van der Waals surface area contributed by atoms with Crippen molar-refractivity contribution < 1.29 is 0 Å². The van der Waals surface area contributed by atoms with E-state index in [0.717, 1.165) is 11.8 Å². The Kier molecular flexibility index (Phi) is 4.73. The normalized spacial score (nSPS) is 33.6. The number of fused-ring (bicyclic) bond motifs is 1. The molecule has 0 aromatic heterocycles. The summed E-state index contributed by atoms with van der Waals surface area (Å²) in [6.45, 7) is 2.33. The maximum Gasteiger partial charge on any atom is 0.157 e. The summed E-state index contributed by atoms with van der Waals surface area (Å²) in [5.74, 6) is 3.08. The molecular weight excluding hydrogens is 252 g/mol. The molecular formula is C16H28N2S. The molecule has 0 saturated heterocycles. The number of hydrogen-bond donors (Lipinski definition) is 1. The van der Waals surface area contributed by atoms with Gasteiger partial charge in [0.1, 0.15) is 0 Å². The van der Waals surface area contributed by atoms with Crippen LogP contribution < -0.4 is 5.32 Å². The zero-order valence-electron chi connectivity index (χ0n) is 12.2. The average molecular weight is 280 g/mol. The van der Waals surface area contributed by atoms with Crippen LogP contribution >= 0.6 is 11.8 Å². The van der Waals surface area contributed by atoms with Gasteiger partial charge < -0.3 is 5.32 Å². The predicted octanol–water partition coefficient (Wildman–Crippen LogP) is 4.21. The first-order valence-electron chi connectivity index (χ1n) is 8.34. The first-order chi connectivity index (χ1) is 9.36. The molecule has 108 valence electrons. The van der Waals surface area contributed by atoms with E-state index in [-0.39, 0.29) is 0 Å². The van der Waals surface area contributed by atoms with Gasteiger partial charge in [0, 0.05) is 11.8 Å². The van der Waals surface area contributed by atoms with Crippen LogP contribution in [0.3, 0.4) is 0 Å². The van der Waals surface area contributed by atoms with Gasteiger partial charge in [-0.2, -0.15) is 0 Å². The van der Waals surface area contributed by atoms with Gasteiger partial charge in [0.05, 0.1) is 6.04 Å². The fourth-order valence-electron chi connectivity index (χ4n) is 4.08. The summed E-state index contributed by atoms with van der Waals surface area (Å²) >= 11 is 1.99. The van der Waals surface area contributed by atoms with Crippen LogP contribution in [-0.4, -0.2) is 23.0 Å². The van der Waals surface area contributed by atoms with Crippen molar-refractivity contribution in [3.63, 3.8) is 0 Å². The molecule has 0 bridgehead atoms. The monoisotopic (exact) mass is 280 g/mol. The maximum atomic E-state index is 4.99. The first-order valence-corrected chi connectivity index (χ1v) is 9.32. The van der Waals surface area contributed by atoms with Gasteiger partial charge in [-0.1, -0.05) is 44.4 Å². The topological polar surface area (TPSA) is 24.4 Å². The summed E-state index contributed by atoms with van der Waals surface area (Å²) in [4.78, 5) is 4.99. The quantitative estimate of drug-likeness (QED) is 0.837. The number of nitrogens with zero attached hydrogens (tertiary/aromatic N) is 1. The lowest BCUT2D eigenvalue weighted by molar-refractivity contribution is 0.284. The second kappa shape index (κ2) is 6.51. The molecule has 3 heteroatoms. The van der Waals surface area contributed by atoms with E-state index in [0.29, 0.717) is 12.1 Å². The van der Waals surface area contributed by atoms with Crippen LogP contribution in [0.15, 0.2) is 4.99 Å². The van der Waals surface area contributed by atoms with Gasteiger partial charge >= 0.3 is 0 Å². The molecule has 0 radical (unpaired) electrons. The lowest BCUT2D eigenvalue weighted by Crippen LogP contribution is -2.41. The molecule has 19 heavy (non-hydrogen) atoms. The first kappa shape index (κ1) is 13.8. The molecule has 1 heterocycles. The minimum Gasteiger partial charge on any atom is -0.362 e. The molecule has 2 saturated carbocycles. The largest absolute Gasteiger partial charge is 0.362 e. The van der Waals surface area contributed by atoms with E-state index in [2.05, 4.69) is 12.2 Å². The number of rotatable bonds is 3. The van der Waals surface area contributed by atoms with Gasteiger partial charge in [0.25, 0.3) is 0 Å². The third-order valence-electron chi connectivity index (χ3n) is 5.30. The summed E-state index contributed by atoms with van der Waals surface area (Å²) in [5, 5.41) is 5.07. The number of aliphatic imine (C=N–C) groups is 1. The predicted molar refractivity (Wildman–Crippen MR) is 84.8 cm³/mol. The van der Waals surface area contributed by atoms with E-state index in [1.54, 1.807) is 0 Å². The van der Waals surface area contributed by atoms with Gasteiger partial charge in [-0.3, -0.25) is 4.99 Å². The molecule has 2 nitrogen and oxygen atoms in total. The number of amidine groups is 1. The van der Waals surface area contributed by atoms with Gasteiger partial charge in [-0.25, -0.2) is 0 Å².